The van der Waals surface area contributed by atoms with Crippen molar-refractivity contribution in [1.82, 2.24) is 4.90 Å². The van der Waals surface area contributed by atoms with Crippen LogP contribution in [0, 0.1) is 5.92 Å². The van der Waals surface area contributed by atoms with Crippen LogP contribution in [-0.4, -0.2) is 84.4 Å². The molecule has 0 amide bonds. The molecule has 1 aliphatic heterocycles. The van der Waals surface area contributed by atoms with Gasteiger partial charge in [0.05, 0.1) is 11.6 Å². The number of aliphatic hydroxyl groups excluding tert-OH is 2. The van der Waals surface area contributed by atoms with Crippen molar-refractivity contribution >= 4 is 11.9 Å². The van der Waals surface area contributed by atoms with Gasteiger partial charge in [-0.1, -0.05) is 25.3 Å². The smallest absolute Gasteiger partial charge is 0.335 e. The van der Waals surface area contributed by atoms with E-state index in [1.165, 1.54) is 43.4 Å². The van der Waals surface area contributed by atoms with Crippen LogP contribution in [0.3, 0.4) is 0 Å². The van der Waals surface area contributed by atoms with Crippen LogP contribution in [0.4, 0.5) is 0 Å². The van der Waals surface area contributed by atoms with E-state index in [1.807, 2.05) is 12.1 Å². The first-order valence-electron chi connectivity index (χ1n) is 12.2. The van der Waals surface area contributed by atoms with E-state index >= 15 is 0 Å². The molecular weight excluding hydrogens is 442 g/mol. The fourth-order valence-corrected chi connectivity index (χ4v) is 7.74. The normalized spacial score (nSPS) is 37.1. The van der Waals surface area contributed by atoms with E-state index in [9.17, 15) is 19.8 Å². The lowest BCUT2D eigenvalue weighted by Crippen LogP contribution is -2.75. The number of phenolic OH excluding ortho intramolecular Hbond substituents is 1. The average Bonchev–Trinajstić information content (AvgIpc) is 3.12. The topological polar surface area (TPSA) is 159 Å². The van der Waals surface area contributed by atoms with Crippen LogP contribution in [0.5, 0.6) is 5.75 Å². The summed E-state index contributed by atoms with van der Waals surface area (Å²) in [5, 5.41) is 54.6. The molecule has 6 rings (SSSR count). The lowest BCUT2D eigenvalue weighted by molar-refractivity contribution is -0.165. The number of aromatic hydroxyl groups is 1. The van der Waals surface area contributed by atoms with E-state index < -0.39 is 29.7 Å². The van der Waals surface area contributed by atoms with Crippen LogP contribution < -0.4 is 0 Å². The standard InChI is InChI=1S/C21H27NO2.C4H6O6/c23-15-6-7-16-17(10-15)20-8-1-2-9-21(20,24)18-19(16,12-20)13-22(18)11-14-4-3-5-14;5-1(3(7)8)2(6)4(9)10/h6-7,10,14,18,23-24H,1-5,8-9,11-13H2;1-2,5-6H,(H,7,8)(H,9,10)/t18-,19?,20+,21-;1-,2-/m11/s1. The molecule has 3 saturated carbocycles. The molecular formula is C25H33NO8. The molecule has 6 atom stereocenters. The fourth-order valence-electron chi connectivity index (χ4n) is 7.74. The summed E-state index contributed by atoms with van der Waals surface area (Å²) >= 11 is 0. The zero-order valence-corrected chi connectivity index (χ0v) is 19.1. The highest BCUT2D eigenvalue weighted by Gasteiger charge is 2.80. The molecule has 9 nitrogen and oxygen atoms in total. The first-order chi connectivity index (χ1) is 16.1. The predicted molar refractivity (Wildman–Crippen MR) is 119 cm³/mol. The van der Waals surface area contributed by atoms with Gasteiger partial charge in [0.25, 0.3) is 0 Å². The molecule has 5 aliphatic rings. The number of aliphatic hydroxyl groups is 3. The molecule has 2 bridgehead atoms. The Bertz CT molecular complexity index is 993. The van der Waals surface area contributed by atoms with Gasteiger partial charge in [0, 0.05) is 23.9 Å². The van der Waals surface area contributed by atoms with Crippen molar-refractivity contribution in [3.05, 3.63) is 29.3 Å². The van der Waals surface area contributed by atoms with Crippen molar-refractivity contribution in [3.63, 3.8) is 0 Å². The minimum Gasteiger partial charge on any atom is -0.508 e. The number of hydrogen-bond donors (Lipinski definition) is 6. The average molecular weight is 476 g/mol. The molecule has 4 fully saturated rings. The largest absolute Gasteiger partial charge is 0.508 e. The van der Waals surface area contributed by atoms with Gasteiger partial charge in [-0.3, -0.25) is 4.90 Å². The van der Waals surface area contributed by atoms with Crippen molar-refractivity contribution in [2.75, 3.05) is 13.1 Å². The summed E-state index contributed by atoms with van der Waals surface area (Å²) in [7, 11) is 0. The highest BCUT2D eigenvalue weighted by atomic mass is 16.4. The van der Waals surface area contributed by atoms with E-state index in [0.717, 1.165) is 38.1 Å². The van der Waals surface area contributed by atoms with Crippen LogP contribution >= 0.6 is 0 Å². The predicted octanol–water partition coefficient (Wildman–Crippen LogP) is 0.952. The van der Waals surface area contributed by atoms with Crippen LogP contribution in [0.15, 0.2) is 18.2 Å². The third-order valence-corrected chi connectivity index (χ3v) is 9.26. The van der Waals surface area contributed by atoms with Gasteiger partial charge in [0.2, 0.25) is 0 Å². The number of carbonyl (C=O) groups is 2. The maximum Gasteiger partial charge on any atom is 0.335 e. The SMILES string of the molecule is O=C(O)[C@H](O)[C@@H](O)C(=O)O.Oc1ccc2c(c1)[C@@]13CCCC[C@@]1(O)[C@@H]1N(CC4CCC4)CC21C3. The number of carboxylic acid groups (broad SMARTS) is 2. The van der Waals surface area contributed by atoms with Gasteiger partial charge in [-0.2, -0.15) is 0 Å². The summed E-state index contributed by atoms with van der Waals surface area (Å²) in [4.78, 5) is 22.2. The lowest BCUT2D eigenvalue weighted by atomic mass is 9.55. The van der Waals surface area contributed by atoms with Gasteiger partial charge in [-0.25, -0.2) is 9.59 Å². The Kier molecular flexibility index (Phi) is 5.48. The Morgan fingerprint density at radius 2 is 1.65 bits per heavy atom. The summed E-state index contributed by atoms with van der Waals surface area (Å²) in [6, 6.07) is 6.33. The molecule has 34 heavy (non-hydrogen) atoms. The second-order valence-electron chi connectivity index (χ2n) is 11.0. The van der Waals surface area contributed by atoms with Gasteiger partial charge in [0.1, 0.15) is 5.75 Å². The molecule has 1 saturated heterocycles. The van der Waals surface area contributed by atoms with E-state index in [0.29, 0.717) is 11.8 Å². The first-order valence-corrected chi connectivity index (χ1v) is 12.2. The highest BCUT2D eigenvalue weighted by molar-refractivity contribution is 5.83. The lowest BCUT2D eigenvalue weighted by Gasteiger charge is -2.63. The Labute approximate surface area is 197 Å². The van der Waals surface area contributed by atoms with E-state index in [-0.39, 0.29) is 10.8 Å². The quantitative estimate of drug-likeness (QED) is 0.365. The molecule has 9 heteroatoms. The third kappa shape index (κ3) is 3.07. The van der Waals surface area contributed by atoms with Crippen LogP contribution in [-0.2, 0) is 20.4 Å². The first kappa shape index (κ1) is 23.5. The summed E-state index contributed by atoms with van der Waals surface area (Å²) in [6.45, 7) is 2.31. The van der Waals surface area contributed by atoms with Gasteiger partial charge in [-0.05, 0) is 61.3 Å². The number of hydrogen-bond acceptors (Lipinski definition) is 7. The minimum atomic E-state index is -2.27. The maximum absolute atomic E-state index is 12.0. The molecule has 1 aromatic carbocycles. The van der Waals surface area contributed by atoms with Gasteiger partial charge >= 0.3 is 11.9 Å². The number of benzene rings is 1. The summed E-state index contributed by atoms with van der Waals surface area (Å²) in [6.07, 6.45) is 5.12. The van der Waals surface area contributed by atoms with Gasteiger partial charge in [0.15, 0.2) is 12.2 Å². The molecule has 186 valence electrons. The van der Waals surface area contributed by atoms with E-state index in [1.54, 1.807) is 0 Å². The molecule has 0 radical (unpaired) electrons. The second kappa shape index (κ2) is 7.91. The Balaban J connectivity index is 0.000000207. The summed E-state index contributed by atoms with van der Waals surface area (Å²) < 4.78 is 0. The Morgan fingerprint density at radius 1 is 1.00 bits per heavy atom. The van der Waals surface area contributed by atoms with E-state index in [2.05, 4.69) is 11.0 Å². The van der Waals surface area contributed by atoms with Crippen molar-refractivity contribution in [3.8, 4) is 5.75 Å². The molecule has 2 spiro atoms. The molecule has 1 aromatic rings. The monoisotopic (exact) mass is 475 g/mol. The molecule has 1 heterocycles. The van der Waals surface area contributed by atoms with Crippen molar-refractivity contribution < 1.29 is 40.2 Å². The zero-order chi connectivity index (χ0) is 24.5. The van der Waals surface area contributed by atoms with Crippen LogP contribution in [0.2, 0.25) is 0 Å². The van der Waals surface area contributed by atoms with Crippen molar-refractivity contribution in [2.45, 2.75) is 86.0 Å². The number of rotatable bonds is 5. The number of aliphatic carboxylic acids is 2. The molecule has 0 aromatic heterocycles. The maximum atomic E-state index is 12.0. The highest BCUT2D eigenvalue weighted by Crippen LogP contribution is 2.74. The third-order valence-electron chi connectivity index (χ3n) is 9.26. The molecule has 6 N–H and O–H groups in total. The minimum absolute atomic E-state index is 0.0989. The second-order valence-corrected chi connectivity index (χ2v) is 11.0. The molecule has 1 unspecified atom stereocenters. The van der Waals surface area contributed by atoms with Crippen molar-refractivity contribution in [2.24, 2.45) is 5.92 Å². The van der Waals surface area contributed by atoms with Crippen LogP contribution in [0.25, 0.3) is 0 Å². The number of nitrogens with zero attached hydrogens (tertiary/aromatic N) is 1. The van der Waals surface area contributed by atoms with Crippen molar-refractivity contribution in [1.29, 1.82) is 0 Å². The molecule has 4 aliphatic carbocycles. The van der Waals surface area contributed by atoms with E-state index in [4.69, 9.17) is 20.4 Å². The zero-order valence-electron chi connectivity index (χ0n) is 19.1. The number of likely N-dealkylation sites (tertiary alicyclic amines) is 1. The van der Waals surface area contributed by atoms with Gasteiger partial charge < -0.3 is 30.6 Å². The number of fused-ring (bicyclic) bond motifs is 2. The van der Waals surface area contributed by atoms with Gasteiger partial charge in [-0.15, -0.1) is 0 Å². The summed E-state index contributed by atoms with van der Waals surface area (Å²) in [5.41, 5.74) is 2.21. The summed E-state index contributed by atoms with van der Waals surface area (Å²) in [5.74, 6) is -2.31. The van der Waals surface area contributed by atoms with Crippen LogP contribution in [0.1, 0.15) is 62.5 Å². The Morgan fingerprint density at radius 3 is 2.24 bits per heavy atom. The fraction of sp³-hybridized carbons (Fsp3) is 0.680. The number of phenols is 1. The Hall–Kier alpha value is -2.20. The number of carboxylic acids is 2.